The van der Waals surface area contributed by atoms with Crippen LogP contribution in [0.25, 0.3) is 0 Å². The van der Waals surface area contributed by atoms with Gasteiger partial charge in [-0.15, -0.1) is 0 Å². The predicted molar refractivity (Wildman–Crippen MR) is 82.6 cm³/mol. The SMILES string of the molecule is CCCNc1ccccc1S(=O)(=O)NCc1cn[nH]c1C. The van der Waals surface area contributed by atoms with Crippen molar-refractivity contribution in [3.05, 3.63) is 41.7 Å². The molecule has 1 aromatic heterocycles. The Bertz CT molecular complexity index is 695. The number of anilines is 1. The molecule has 2 rings (SSSR count). The van der Waals surface area contributed by atoms with Gasteiger partial charge in [0.05, 0.1) is 11.9 Å². The maximum absolute atomic E-state index is 12.4. The summed E-state index contributed by atoms with van der Waals surface area (Å²) in [6.07, 6.45) is 2.55. The highest BCUT2D eigenvalue weighted by Crippen LogP contribution is 2.21. The molecule has 0 aliphatic heterocycles. The number of H-pyrrole nitrogens is 1. The molecule has 21 heavy (non-hydrogen) atoms. The lowest BCUT2D eigenvalue weighted by molar-refractivity contribution is 0.581. The summed E-state index contributed by atoms with van der Waals surface area (Å²) >= 11 is 0. The molecule has 3 N–H and O–H groups in total. The van der Waals surface area contributed by atoms with Crippen LogP contribution in [0.2, 0.25) is 0 Å². The first-order chi connectivity index (χ1) is 10.0. The number of rotatable bonds is 7. The van der Waals surface area contributed by atoms with E-state index in [0.29, 0.717) is 5.69 Å². The summed E-state index contributed by atoms with van der Waals surface area (Å²) in [5.41, 5.74) is 2.31. The second kappa shape index (κ2) is 6.73. The number of aryl methyl sites for hydroxylation is 1. The second-order valence-electron chi connectivity index (χ2n) is 4.77. The molecule has 0 saturated heterocycles. The predicted octanol–water partition coefficient (Wildman–Crippen LogP) is 2.02. The smallest absolute Gasteiger partial charge is 0.242 e. The first-order valence-corrected chi connectivity index (χ1v) is 8.34. The molecule has 1 aromatic carbocycles. The minimum absolute atomic E-state index is 0.215. The van der Waals surface area contributed by atoms with Gasteiger partial charge in [0, 0.05) is 24.3 Å². The van der Waals surface area contributed by atoms with E-state index >= 15 is 0 Å². The molecular weight excluding hydrogens is 288 g/mol. The normalized spacial score (nSPS) is 11.5. The fraction of sp³-hybridized carbons (Fsp3) is 0.357. The van der Waals surface area contributed by atoms with Crippen molar-refractivity contribution in [3.8, 4) is 0 Å². The van der Waals surface area contributed by atoms with Crippen molar-refractivity contribution in [1.29, 1.82) is 0 Å². The third kappa shape index (κ3) is 3.83. The number of para-hydroxylation sites is 1. The third-order valence-corrected chi connectivity index (χ3v) is 4.59. The van der Waals surface area contributed by atoms with E-state index in [-0.39, 0.29) is 11.4 Å². The first kappa shape index (κ1) is 15.5. The molecule has 0 bridgehead atoms. The van der Waals surface area contributed by atoms with Crippen molar-refractivity contribution in [2.45, 2.75) is 31.7 Å². The minimum atomic E-state index is -3.57. The van der Waals surface area contributed by atoms with Crippen LogP contribution >= 0.6 is 0 Å². The molecule has 0 radical (unpaired) electrons. The van der Waals surface area contributed by atoms with Crippen LogP contribution in [0.4, 0.5) is 5.69 Å². The Labute approximate surface area is 125 Å². The number of nitrogens with zero attached hydrogens (tertiary/aromatic N) is 1. The lowest BCUT2D eigenvalue weighted by Crippen LogP contribution is -2.24. The van der Waals surface area contributed by atoms with E-state index in [1.165, 1.54) is 0 Å². The van der Waals surface area contributed by atoms with Gasteiger partial charge in [0.1, 0.15) is 4.90 Å². The summed E-state index contributed by atoms with van der Waals surface area (Å²) in [7, 11) is -3.57. The first-order valence-electron chi connectivity index (χ1n) is 6.86. The Balaban J connectivity index is 2.17. The van der Waals surface area contributed by atoms with Crippen LogP contribution in [0.5, 0.6) is 0 Å². The number of aromatic nitrogens is 2. The van der Waals surface area contributed by atoms with Crippen molar-refractivity contribution in [2.24, 2.45) is 0 Å². The van der Waals surface area contributed by atoms with Gasteiger partial charge in [0.25, 0.3) is 0 Å². The van der Waals surface area contributed by atoms with Gasteiger partial charge in [-0.1, -0.05) is 19.1 Å². The van der Waals surface area contributed by atoms with Crippen molar-refractivity contribution < 1.29 is 8.42 Å². The second-order valence-corrected chi connectivity index (χ2v) is 6.50. The van der Waals surface area contributed by atoms with Crippen molar-refractivity contribution in [2.75, 3.05) is 11.9 Å². The molecule has 0 saturated carbocycles. The van der Waals surface area contributed by atoms with E-state index in [1.807, 2.05) is 19.9 Å². The molecule has 6 nitrogen and oxygen atoms in total. The molecule has 0 aliphatic rings. The van der Waals surface area contributed by atoms with Crippen molar-refractivity contribution in [3.63, 3.8) is 0 Å². The number of aromatic amines is 1. The molecule has 2 aromatic rings. The van der Waals surface area contributed by atoms with E-state index < -0.39 is 10.0 Å². The van der Waals surface area contributed by atoms with Gasteiger partial charge < -0.3 is 5.32 Å². The molecule has 0 aliphatic carbocycles. The Morgan fingerprint density at radius 1 is 1.29 bits per heavy atom. The molecule has 0 unspecified atom stereocenters. The van der Waals surface area contributed by atoms with Crippen LogP contribution < -0.4 is 10.0 Å². The van der Waals surface area contributed by atoms with Crippen LogP contribution in [0.15, 0.2) is 35.4 Å². The highest BCUT2D eigenvalue weighted by molar-refractivity contribution is 7.89. The zero-order chi connectivity index (χ0) is 15.3. The molecule has 0 amide bonds. The maximum Gasteiger partial charge on any atom is 0.242 e. The number of hydrogen-bond donors (Lipinski definition) is 3. The molecule has 0 spiro atoms. The number of sulfonamides is 1. The summed E-state index contributed by atoms with van der Waals surface area (Å²) in [5, 5.41) is 9.80. The van der Waals surface area contributed by atoms with Gasteiger partial charge in [-0.25, -0.2) is 13.1 Å². The average Bonchev–Trinajstić information content (AvgIpc) is 2.89. The number of nitrogens with one attached hydrogen (secondary N) is 3. The summed E-state index contributed by atoms with van der Waals surface area (Å²) in [6, 6.07) is 6.90. The van der Waals surface area contributed by atoms with Gasteiger partial charge in [-0.05, 0) is 25.5 Å². The van der Waals surface area contributed by atoms with Crippen molar-refractivity contribution >= 4 is 15.7 Å². The van der Waals surface area contributed by atoms with E-state index in [4.69, 9.17) is 0 Å². The lowest BCUT2D eigenvalue weighted by atomic mass is 10.3. The highest BCUT2D eigenvalue weighted by Gasteiger charge is 2.18. The molecule has 114 valence electrons. The number of benzene rings is 1. The minimum Gasteiger partial charge on any atom is -0.384 e. The van der Waals surface area contributed by atoms with Gasteiger partial charge in [0.2, 0.25) is 10.0 Å². The highest BCUT2D eigenvalue weighted by atomic mass is 32.2. The van der Waals surface area contributed by atoms with Crippen LogP contribution in [0, 0.1) is 6.92 Å². The molecule has 7 heteroatoms. The van der Waals surface area contributed by atoms with E-state index in [2.05, 4.69) is 20.2 Å². The Hall–Kier alpha value is -1.86. The quantitative estimate of drug-likeness (QED) is 0.730. The van der Waals surface area contributed by atoms with Gasteiger partial charge in [0.15, 0.2) is 0 Å². The van der Waals surface area contributed by atoms with E-state index in [1.54, 1.807) is 24.4 Å². The van der Waals surface area contributed by atoms with Crippen LogP contribution in [-0.2, 0) is 16.6 Å². The fourth-order valence-corrected chi connectivity index (χ4v) is 3.10. The van der Waals surface area contributed by atoms with E-state index in [9.17, 15) is 8.42 Å². The monoisotopic (exact) mass is 308 g/mol. The molecule has 1 heterocycles. The van der Waals surface area contributed by atoms with Gasteiger partial charge >= 0.3 is 0 Å². The largest absolute Gasteiger partial charge is 0.384 e. The van der Waals surface area contributed by atoms with Gasteiger partial charge in [-0.3, -0.25) is 5.10 Å². The molecular formula is C14H20N4O2S. The summed E-state index contributed by atoms with van der Waals surface area (Å²) in [4.78, 5) is 0.264. The fourth-order valence-electron chi connectivity index (χ4n) is 1.91. The van der Waals surface area contributed by atoms with Crippen LogP contribution in [0.1, 0.15) is 24.6 Å². The number of hydrogen-bond acceptors (Lipinski definition) is 4. The van der Waals surface area contributed by atoms with Gasteiger partial charge in [-0.2, -0.15) is 5.10 Å². The van der Waals surface area contributed by atoms with Crippen LogP contribution in [0.3, 0.4) is 0 Å². The Morgan fingerprint density at radius 2 is 2.05 bits per heavy atom. The zero-order valence-electron chi connectivity index (χ0n) is 12.2. The Kier molecular flexibility index (Phi) is 4.98. The molecule has 0 fully saturated rings. The molecule has 0 atom stereocenters. The standard InChI is InChI=1S/C14H20N4O2S/c1-3-8-15-13-6-4-5-7-14(13)21(19,20)17-10-12-9-16-18-11(12)2/h4-7,9,15,17H,3,8,10H2,1-2H3,(H,16,18). The maximum atomic E-state index is 12.4. The summed E-state index contributed by atoms with van der Waals surface area (Å²) in [5.74, 6) is 0. The van der Waals surface area contributed by atoms with E-state index in [0.717, 1.165) is 24.2 Å². The van der Waals surface area contributed by atoms with Crippen LogP contribution in [-0.4, -0.2) is 25.2 Å². The topological polar surface area (TPSA) is 86.9 Å². The van der Waals surface area contributed by atoms with Crippen molar-refractivity contribution in [1.82, 2.24) is 14.9 Å². The lowest BCUT2D eigenvalue weighted by Gasteiger charge is -2.12. The zero-order valence-corrected chi connectivity index (χ0v) is 13.0. The summed E-state index contributed by atoms with van der Waals surface area (Å²) in [6.45, 7) is 4.83. The average molecular weight is 308 g/mol. The Morgan fingerprint density at radius 3 is 2.71 bits per heavy atom. The summed E-state index contributed by atoms with van der Waals surface area (Å²) < 4.78 is 27.5. The third-order valence-electron chi connectivity index (χ3n) is 3.13.